The van der Waals surface area contributed by atoms with Crippen LogP contribution < -0.4 is 5.73 Å². The van der Waals surface area contributed by atoms with Crippen LogP contribution in [0.3, 0.4) is 0 Å². The van der Waals surface area contributed by atoms with Gasteiger partial charge in [0.25, 0.3) is 0 Å². The molecule has 0 spiro atoms. The summed E-state index contributed by atoms with van der Waals surface area (Å²) in [7, 11) is 0. The van der Waals surface area contributed by atoms with Crippen molar-refractivity contribution < 1.29 is 9.53 Å². The fraction of sp³-hybridized carbons (Fsp3) is 0.857. The van der Waals surface area contributed by atoms with E-state index in [1.807, 2.05) is 6.92 Å². The predicted octanol–water partition coefficient (Wildman–Crippen LogP) is 1.01. The highest BCUT2D eigenvalue weighted by molar-refractivity contribution is 7.81. The molecule has 0 aliphatic heterocycles. The Morgan fingerprint density at radius 3 is 2.67 bits per heavy atom. The third-order valence-electron chi connectivity index (χ3n) is 1.14. The van der Waals surface area contributed by atoms with Crippen LogP contribution in [-0.4, -0.2) is 24.4 Å². The number of hydrogen-bond acceptors (Lipinski definition) is 4. The minimum Gasteiger partial charge on any atom is -0.466 e. The predicted molar refractivity (Wildman–Crippen MR) is 54.9 cm³/mol. The lowest BCUT2D eigenvalue weighted by atomic mass is 10.3. The van der Waals surface area contributed by atoms with Gasteiger partial charge in [-0.15, -0.1) is 12.4 Å². The van der Waals surface area contributed by atoms with Crippen LogP contribution in [0.5, 0.6) is 0 Å². The fourth-order valence-corrected chi connectivity index (χ4v) is 0.700. The monoisotopic (exact) mass is 213 g/mol. The van der Waals surface area contributed by atoms with Crippen molar-refractivity contribution in [3.8, 4) is 0 Å². The third kappa shape index (κ3) is 8.17. The third-order valence-corrected chi connectivity index (χ3v) is 1.53. The van der Waals surface area contributed by atoms with E-state index in [2.05, 4.69) is 12.6 Å². The quantitative estimate of drug-likeness (QED) is 0.530. The molecule has 0 heterocycles. The van der Waals surface area contributed by atoms with Crippen molar-refractivity contribution in [1.82, 2.24) is 0 Å². The van der Waals surface area contributed by atoms with Gasteiger partial charge in [-0.2, -0.15) is 12.6 Å². The van der Waals surface area contributed by atoms with Crippen LogP contribution >= 0.6 is 25.0 Å². The first-order valence-electron chi connectivity index (χ1n) is 3.74. The van der Waals surface area contributed by atoms with E-state index in [1.165, 1.54) is 0 Å². The van der Waals surface area contributed by atoms with Crippen molar-refractivity contribution in [1.29, 1.82) is 0 Å². The molecular weight excluding hydrogens is 198 g/mol. The lowest BCUT2D eigenvalue weighted by Crippen LogP contribution is -2.19. The summed E-state index contributed by atoms with van der Waals surface area (Å²) in [5, 5.41) is -0.0700. The van der Waals surface area contributed by atoms with Crippen LogP contribution in [0.25, 0.3) is 0 Å². The number of ether oxygens (including phenoxy) is 1. The Morgan fingerprint density at radius 1 is 1.67 bits per heavy atom. The van der Waals surface area contributed by atoms with Gasteiger partial charge in [-0.3, -0.25) is 4.79 Å². The van der Waals surface area contributed by atoms with Crippen LogP contribution in [0.1, 0.15) is 19.8 Å². The Hall–Kier alpha value is 0.0700. The number of thiol groups is 1. The molecule has 0 aromatic heterocycles. The number of carbonyl (C=O) groups is 1. The maximum absolute atomic E-state index is 10.8. The summed E-state index contributed by atoms with van der Waals surface area (Å²) in [5.41, 5.74) is 5.26. The molecule has 0 aliphatic carbocycles. The molecule has 0 fully saturated rings. The summed E-state index contributed by atoms with van der Waals surface area (Å²) >= 11 is 4.07. The molecule has 3 nitrogen and oxygen atoms in total. The van der Waals surface area contributed by atoms with Crippen molar-refractivity contribution in [2.45, 2.75) is 25.0 Å². The summed E-state index contributed by atoms with van der Waals surface area (Å²) in [6, 6.07) is 0. The second kappa shape index (κ2) is 9.16. The first-order chi connectivity index (χ1) is 5.20. The highest BCUT2D eigenvalue weighted by atomic mass is 35.5. The molecule has 74 valence electrons. The Bertz CT molecular complexity index is 124. The van der Waals surface area contributed by atoms with E-state index in [-0.39, 0.29) is 23.6 Å². The van der Waals surface area contributed by atoms with E-state index in [1.54, 1.807) is 0 Å². The van der Waals surface area contributed by atoms with Crippen LogP contribution in [0.4, 0.5) is 0 Å². The van der Waals surface area contributed by atoms with E-state index in [4.69, 9.17) is 10.5 Å². The molecule has 0 saturated carbocycles. The second-order valence-electron chi connectivity index (χ2n) is 2.31. The molecule has 1 unspecified atom stereocenters. The molecule has 1 atom stereocenters. The normalized spacial score (nSPS) is 11.6. The van der Waals surface area contributed by atoms with Crippen molar-refractivity contribution in [2.24, 2.45) is 5.73 Å². The van der Waals surface area contributed by atoms with Crippen LogP contribution in [0, 0.1) is 0 Å². The smallest absolute Gasteiger partial charge is 0.306 e. The second-order valence-corrected chi connectivity index (χ2v) is 3.04. The largest absolute Gasteiger partial charge is 0.466 e. The van der Waals surface area contributed by atoms with Gasteiger partial charge >= 0.3 is 5.97 Å². The average Bonchev–Trinajstić information content (AvgIpc) is 2.00. The standard InChI is InChI=1S/C7H15NO2S.ClH/c1-2-3-10-7(9)4-6(11)5-8;/h6,11H,2-5,8H2,1H3;1H. The van der Waals surface area contributed by atoms with Gasteiger partial charge in [0.1, 0.15) is 0 Å². The number of halogens is 1. The van der Waals surface area contributed by atoms with Crippen LogP contribution in [0.2, 0.25) is 0 Å². The first kappa shape index (κ1) is 14.6. The zero-order valence-electron chi connectivity index (χ0n) is 7.16. The SMILES string of the molecule is CCCOC(=O)CC(S)CN.Cl. The Balaban J connectivity index is 0. The maximum Gasteiger partial charge on any atom is 0.306 e. The zero-order valence-corrected chi connectivity index (χ0v) is 8.87. The van der Waals surface area contributed by atoms with Crippen molar-refractivity contribution in [3.05, 3.63) is 0 Å². The molecule has 0 aromatic rings. The van der Waals surface area contributed by atoms with E-state index in [0.29, 0.717) is 19.6 Å². The summed E-state index contributed by atoms with van der Waals surface area (Å²) in [6.45, 7) is 2.85. The molecule has 0 bridgehead atoms. The molecule has 0 radical (unpaired) electrons. The average molecular weight is 214 g/mol. The van der Waals surface area contributed by atoms with E-state index in [9.17, 15) is 4.79 Å². The van der Waals surface area contributed by atoms with Crippen molar-refractivity contribution >= 4 is 31.0 Å². The zero-order chi connectivity index (χ0) is 8.69. The van der Waals surface area contributed by atoms with Gasteiger partial charge in [0, 0.05) is 11.8 Å². The molecule has 2 N–H and O–H groups in total. The minimum absolute atomic E-state index is 0. The number of rotatable bonds is 5. The van der Waals surface area contributed by atoms with Crippen molar-refractivity contribution in [3.63, 3.8) is 0 Å². The van der Waals surface area contributed by atoms with Gasteiger partial charge in [-0.05, 0) is 6.42 Å². The summed E-state index contributed by atoms with van der Waals surface area (Å²) in [5.74, 6) is -0.211. The van der Waals surface area contributed by atoms with E-state index < -0.39 is 0 Å². The van der Waals surface area contributed by atoms with Gasteiger partial charge < -0.3 is 10.5 Å². The summed E-state index contributed by atoms with van der Waals surface area (Å²) in [6.07, 6.45) is 1.16. The molecule has 0 amide bonds. The lowest BCUT2D eigenvalue weighted by Gasteiger charge is -2.06. The fourth-order valence-electron chi connectivity index (χ4n) is 0.551. The van der Waals surface area contributed by atoms with E-state index >= 15 is 0 Å². The topological polar surface area (TPSA) is 52.3 Å². The molecule has 12 heavy (non-hydrogen) atoms. The molecular formula is C7H16ClNO2S. The number of carbonyl (C=O) groups excluding carboxylic acids is 1. The van der Waals surface area contributed by atoms with Gasteiger partial charge in [0.05, 0.1) is 13.0 Å². The number of esters is 1. The highest BCUT2D eigenvalue weighted by Gasteiger charge is 2.08. The van der Waals surface area contributed by atoms with Crippen molar-refractivity contribution in [2.75, 3.05) is 13.2 Å². The molecule has 5 heteroatoms. The lowest BCUT2D eigenvalue weighted by molar-refractivity contribution is -0.143. The molecule has 0 aromatic carbocycles. The van der Waals surface area contributed by atoms with Crippen LogP contribution in [-0.2, 0) is 9.53 Å². The highest BCUT2D eigenvalue weighted by Crippen LogP contribution is 2.00. The Kier molecular flexibility index (Phi) is 11.1. The Morgan fingerprint density at radius 2 is 2.25 bits per heavy atom. The summed E-state index contributed by atoms with van der Waals surface area (Å²) in [4.78, 5) is 10.8. The molecule has 0 rings (SSSR count). The molecule has 0 aliphatic rings. The first-order valence-corrected chi connectivity index (χ1v) is 4.26. The van der Waals surface area contributed by atoms with Gasteiger partial charge in [0.2, 0.25) is 0 Å². The van der Waals surface area contributed by atoms with Crippen LogP contribution in [0.15, 0.2) is 0 Å². The Labute approximate surface area is 84.9 Å². The van der Waals surface area contributed by atoms with Gasteiger partial charge in [-0.25, -0.2) is 0 Å². The minimum atomic E-state index is -0.211. The van der Waals surface area contributed by atoms with E-state index in [0.717, 1.165) is 6.42 Å². The van der Waals surface area contributed by atoms with Gasteiger partial charge in [0.15, 0.2) is 0 Å². The number of hydrogen-bond donors (Lipinski definition) is 2. The van der Waals surface area contributed by atoms with Gasteiger partial charge in [-0.1, -0.05) is 6.92 Å². The molecule has 0 saturated heterocycles. The maximum atomic E-state index is 10.8. The summed E-state index contributed by atoms with van der Waals surface area (Å²) < 4.78 is 4.82. The number of nitrogens with two attached hydrogens (primary N) is 1.